The molecule has 0 aliphatic carbocycles. The maximum atomic E-state index is 13.3. The summed E-state index contributed by atoms with van der Waals surface area (Å²) in [5, 5.41) is 9.70. The van der Waals surface area contributed by atoms with Crippen molar-refractivity contribution in [2.24, 2.45) is 0 Å². The van der Waals surface area contributed by atoms with Gasteiger partial charge in [0.2, 0.25) is 0 Å². The topological polar surface area (TPSA) is 25.2 Å². The predicted molar refractivity (Wildman–Crippen MR) is 65.6 cm³/mol. The summed E-state index contributed by atoms with van der Waals surface area (Å²) >= 11 is 5.89. The van der Waals surface area contributed by atoms with Crippen molar-refractivity contribution in [3.05, 3.63) is 58.6 Å². The van der Waals surface area contributed by atoms with E-state index < -0.39 is 11.9 Å². The smallest absolute Gasteiger partial charge is 0.142 e. The maximum absolute atomic E-state index is 13.3. The highest BCUT2D eigenvalue weighted by Crippen LogP contribution is 2.22. The van der Waals surface area contributed by atoms with Gasteiger partial charge in [0.05, 0.1) is 11.1 Å². The average molecular weight is 254 g/mol. The van der Waals surface area contributed by atoms with E-state index in [-0.39, 0.29) is 5.02 Å². The number of rotatable bonds is 3. The van der Waals surface area contributed by atoms with Crippen molar-refractivity contribution in [1.29, 1.82) is 0 Å². The Balaban J connectivity index is 2.32. The van der Waals surface area contributed by atoms with Gasteiger partial charge in [0.15, 0.2) is 0 Å². The molecule has 0 fully saturated rings. The van der Waals surface area contributed by atoms with Gasteiger partial charge >= 0.3 is 0 Å². The molecule has 0 radical (unpaired) electrons. The SMILES string of the molecule is CC(O)c1cccn1Cc1cccc(F)c1Cl. The van der Waals surface area contributed by atoms with Gasteiger partial charge in [-0.25, -0.2) is 4.39 Å². The summed E-state index contributed by atoms with van der Waals surface area (Å²) in [7, 11) is 0. The van der Waals surface area contributed by atoms with Gasteiger partial charge in [0, 0.05) is 18.4 Å². The third-order valence-corrected chi connectivity index (χ3v) is 3.09. The van der Waals surface area contributed by atoms with E-state index in [0.29, 0.717) is 12.1 Å². The van der Waals surface area contributed by atoms with E-state index in [1.165, 1.54) is 6.07 Å². The second-order valence-corrected chi connectivity index (χ2v) is 4.33. The molecule has 90 valence electrons. The van der Waals surface area contributed by atoms with Crippen molar-refractivity contribution < 1.29 is 9.50 Å². The van der Waals surface area contributed by atoms with E-state index in [0.717, 1.165) is 5.69 Å². The molecule has 1 unspecified atom stereocenters. The quantitative estimate of drug-likeness (QED) is 0.891. The molecule has 0 spiro atoms. The van der Waals surface area contributed by atoms with Gasteiger partial charge in [-0.2, -0.15) is 0 Å². The van der Waals surface area contributed by atoms with Crippen LogP contribution in [0.25, 0.3) is 0 Å². The molecule has 0 aliphatic rings. The molecule has 0 saturated carbocycles. The Kier molecular flexibility index (Phi) is 3.50. The van der Waals surface area contributed by atoms with Crippen LogP contribution in [-0.2, 0) is 6.54 Å². The Labute approximate surface area is 104 Å². The van der Waals surface area contributed by atoms with Gasteiger partial charge in [-0.15, -0.1) is 0 Å². The first kappa shape index (κ1) is 12.1. The third kappa shape index (κ3) is 2.51. The normalized spacial score (nSPS) is 12.7. The first-order valence-electron chi connectivity index (χ1n) is 5.35. The largest absolute Gasteiger partial charge is 0.387 e. The molecule has 0 bridgehead atoms. The zero-order chi connectivity index (χ0) is 12.4. The molecule has 4 heteroatoms. The number of nitrogens with zero attached hydrogens (tertiary/aromatic N) is 1. The molecule has 2 rings (SSSR count). The zero-order valence-corrected chi connectivity index (χ0v) is 10.2. The summed E-state index contributed by atoms with van der Waals surface area (Å²) in [5.41, 5.74) is 1.48. The van der Waals surface area contributed by atoms with Crippen LogP contribution in [0.4, 0.5) is 4.39 Å². The summed E-state index contributed by atoms with van der Waals surface area (Å²) in [5.74, 6) is -0.421. The highest BCUT2D eigenvalue weighted by molar-refractivity contribution is 6.31. The lowest BCUT2D eigenvalue weighted by Gasteiger charge is -2.12. The molecule has 0 aliphatic heterocycles. The molecule has 1 aromatic carbocycles. The van der Waals surface area contributed by atoms with Crippen molar-refractivity contribution in [2.75, 3.05) is 0 Å². The number of halogens is 2. The molecule has 17 heavy (non-hydrogen) atoms. The van der Waals surface area contributed by atoms with E-state index in [2.05, 4.69) is 0 Å². The minimum absolute atomic E-state index is 0.137. The van der Waals surface area contributed by atoms with Gasteiger partial charge in [0.25, 0.3) is 0 Å². The summed E-state index contributed by atoms with van der Waals surface area (Å²) in [6, 6.07) is 8.41. The lowest BCUT2D eigenvalue weighted by molar-refractivity contribution is 0.190. The highest BCUT2D eigenvalue weighted by Gasteiger charge is 2.10. The maximum Gasteiger partial charge on any atom is 0.142 e. The van der Waals surface area contributed by atoms with Gasteiger partial charge in [0.1, 0.15) is 5.82 Å². The van der Waals surface area contributed by atoms with Crippen LogP contribution in [0, 0.1) is 5.82 Å². The van der Waals surface area contributed by atoms with Gasteiger partial charge in [-0.3, -0.25) is 0 Å². The standard InChI is InChI=1S/C13H13ClFNO/c1-9(17)12-6-3-7-16(12)8-10-4-2-5-11(15)13(10)14/h2-7,9,17H,8H2,1H3. The number of aromatic nitrogens is 1. The molecular weight excluding hydrogens is 241 g/mol. The fraction of sp³-hybridized carbons (Fsp3) is 0.231. The van der Waals surface area contributed by atoms with Crippen LogP contribution in [0.3, 0.4) is 0 Å². The second kappa shape index (κ2) is 4.90. The van der Waals surface area contributed by atoms with Crippen LogP contribution in [0.2, 0.25) is 5.02 Å². The van der Waals surface area contributed by atoms with Crippen LogP contribution < -0.4 is 0 Å². The lowest BCUT2D eigenvalue weighted by Crippen LogP contribution is -2.06. The zero-order valence-electron chi connectivity index (χ0n) is 9.40. The van der Waals surface area contributed by atoms with Gasteiger partial charge in [-0.05, 0) is 30.7 Å². The predicted octanol–water partition coefficient (Wildman–Crippen LogP) is 3.38. The number of benzene rings is 1. The summed E-state index contributed by atoms with van der Waals surface area (Å²) in [6.07, 6.45) is 1.28. The fourth-order valence-corrected chi connectivity index (χ4v) is 1.99. The van der Waals surface area contributed by atoms with Crippen LogP contribution in [0.5, 0.6) is 0 Å². The van der Waals surface area contributed by atoms with E-state index in [9.17, 15) is 9.50 Å². The Bertz CT molecular complexity index is 522. The third-order valence-electron chi connectivity index (χ3n) is 2.66. The van der Waals surface area contributed by atoms with Crippen LogP contribution in [-0.4, -0.2) is 9.67 Å². The first-order valence-corrected chi connectivity index (χ1v) is 5.73. The molecule has 2 aromatic rings. The molecule has 1 N–H and O–H groups in total. The van der Waals surface area contributed by atoms with E-state index >= 15 is 0 Å². The molecule has 2 nitrogen and oxygen atoms in total. The first-order chi connectivity index (χ1) is 8.09. The molecule has 1 aromatic heterocycles. The van der Waals surface area contributed by atoms with Crippen LogP contribution >= 0.6 is 11.6 Å². The Morgan fingerprint density at radius 3 is 2.82 bits per heavy atom. The highest BCUT2D eigenvalue weighted by atomic mass is 35.5. The van der Waals surface area contributed by atoms with Crippen LogP contribution in [0.15, 0.2) is 36.5 Å². The minimum atomic E-state index is -0.558. The van der Waals surface area contributed by atoms with Crippen molar-refractivity contribution >= 4 is 11.6 Å². The number of hydrogen-bond donors (Lipinski definition) is 1. The Morgan fingerprint density at radius 2 is 2.12 bits per heavy atom. The molecule has 1 atom stereocenters. The Hall–Kier alpha value is -1.32. The van der Waals surface area contributed by atoms with Crippen molar-refractivity contribution in [3.8, 4) is 0 Å². The average Bonchev–Trinajstić information content (AvgIpc) is 2.73. The summed E-state index contributed by atoms with van der Waals surface area (Å²) in [6.45, 7) is 2.14. The van der Waals surface area contributed by atoms with Crippen molar-refractivity contribution in [1.82, 2.24) is 4.57 Å². The van der Waals surface area contributed by atoms with Crippen LogP contribution in [0.1, 0.15) is 24.3 Å². The van der Waals surface area contributed by atoms with Gasteiger partial charge < -0.3 is 9.67 Å². The van der Waals surface area contributed by atoms with Crippen molar-refractivity contribution in [2.45, 2.75) is 19.6 Å². The monoisotopic (exact) mass is 253 g/mol. The molecule has 0 amide bonds. The number of aliphatic hydroxyl groups excluding tert-OH is 1. The Morgan fingerprint density at radius 1 is 1.35 bits per heavy atom. The summed E-state index contributed by atoms with van der Waals surface area (Å²) < 4.78 is 15.1. The molecular formula is C13H13ClFNO. The lowest BCUT2D eigenvalue weighted by atomic mass is 10.2. The number of hydrogen-bond acceptors (Lipinski definition) is 1. The van der Waals surface area contributed by atoms with E-state index in [4.69, 9.17) is 11.6 Å². The number of aliphatic hydroxyl groups is 1. The minimum Gasteiger partial charge on any atom is -0.387 e. The summed E-state index contributed by atoms with van der Waals surface area (Å²) in [4.78, 5) is 0. The molecule has 0 saturated heterocycles. The van der Waals surface area contributed by atoms with Crippen molar-refractivity contribution in [3.63, 3.8) is 0 Å². The van der Waals surface area contributed by atoms with E-state index in [1.807, 2.05) is 22.9 Å². The molecule has 1 heterocycles. The van der Waals surface area contributed by atoms with Gasteiger partial charge in [-0.1, -0.05) is 23.7 Å². The van der Waals surface area contributed by atoms with E-state index in [1.54, 1.807) is 19.1 Å². The second-order valence-electron chi connectivity index (χ2n) is 3.95. The fourth-order valence-electron chi connectivity index (χ4n) is 1.80.